The van der Waals surface area contributed by atoms with E-state index in [0.717, 1.165) is 0 Å². The monoisotopic (exact) mass is 434 g/mol. The lowest BCUT2D eigenvalue weighted by atomic mass is 9.98. The Hall–Kier alpha value is -2.22. The van der Waals surface area contributed by atoms with E-state index < -0.39 is 15.9 Å². The first-order valence-corrected chi connectivity index (χ1v) is 11.4. The van der Waals surface area contributed by atoms with Gasteiger partial charge in [0.1, 0.15) is 0 Å². The number of amides is 1. The number of carbonyl (C=O) groups is 2. The fourth-order valence-electron chi connectivity index (χ4n) is 3.40. The van der Waals surface area contributed by atoms with Gasteiger partial charge in [0.25, 0.3) is 0 Å². The van der Waals surface area contributed by atoms with Crippen LogP contribution in [-0.4, -0.2) is 37.5 Å². The molecule has 0 saturated carbocycles. The molecule has 1 saturated heterocycles. The third kappa shape index (κ3) is 5.65. The normalized spacial score (nSPS) is 17.7. The zero-order valence-electron chi connectivity index (χ0n) is 16.1. The van der Waals surface area contributed by atoms with Crippen molar-refractivity contribution in [1.82, 2.24) is 4.31 Å². The molecule has 8 heteroatoms. The van der Waals surface area contributed by atoms with Gasteiger partial charge in [0.05, 0.1) is 11.7 Å². The Morgan fingerprint density at radius 2 is 1.93 bits per heavy atom. The van der Waals surface area contributed by atoms with Gasteiger partial charge in [-0.05, 0) is 49.6 Å². The number of hydrogen-bond acceptors (Lipinski definition) is 4. The Morgan fingerprint density at radius 3 is 2.66 bits per heavy atom. The zero-order chi connectivity index (χ0) is 21.0. The summed E-state index contributed by atoms with van der Waals surface area (Å²) in [6.07, 6.45) is 1.22. The number of benzene rings is 2. The van der Waals surface area contributed by atoms with Crippen LogP contribution in [0.4, 0.5) is 5.69 Å². The summed E-state index contributed by atoms with van der Waals surface area (Å²) in [4.78, 5) is 24.2. The summed E-state index contributed by atoms with van der Waals surface area (Å²) < 4.78 is 27.0. The van der Waals surface area contributed by atoms with Crippen LogP contribution in [0.1, 0.15) is 35.7 Å². The van der Waals surface area contributed by atoms with Crippen molar-refractivity contribution in [1.29, 1.82) is 0 Å². The van der Waals surface area contributed by atoms with Crippen LogP contribution in [0.5, 0.6) is 0 Å². The predicted octanol–water partition coefficient (Wildman–Crippen LogP) is 3.72. The summed E-state index contributed by atoms with van der Waals surface area (Å²) >= 11 is 5.95. The molecule has 1 atom stereocenters. The summed E-state index contributed by atoms with van der Waals surface area (Å²) in [6.45, 7) is 2.00. The molecule has 154 valence electrons. The molecule has 3 rings (SSSR count). The van der Waals surface area contributed by atoms with Gasteiger partial charge < -0.3 is 5.32 Å². The van der Waals surface area contributed by atoms with Crippen molar-refractivity contribution in [2.75, 3.05) is 18.4 Å². The molecule has 1 amide bonds. The topological polar surface area (TPSA) is 83.6 Å². The van der Waals surface area contributed by atoms with Gasteiger partial charge in [-0.25, -0.2) is 12.7 Å². The number of sulfonamides is 1. The molecule has 1 fully saturated rings. The molecule has 1 aliphatic heterocycles. The Morgan fingerprint density at radius 1 is 1.17 bits per heavy atom. The fourth-order valence-corrected chi connectivity index (χ4v) is 5.21. The molecule has 29 heavy (non-hydrogen) atoms. The number of nitrogens with one attached hydrogen (secondary N) is 1. The van der Waals surface area contributed by atoms with Gasteiger partial charge in [0, 0.05) is 29.4 Å². The molecular formula is C21H23ClN2O4S. The minimum atomic E-state index is -3.56. The molecule has 1 N–H and O–H groups in total. The molecule has 0 aliphatic carbocycles. The van der Waals surface area contributed by atoms with Gasteiger partial charge in [0.15, 0.2) is 5.78 Å². The minimum absolute atomic E-state index is 0.0861. The molecule has 1 aliphatic rings. The Labute approximate surface area is 175 Å². The maximum absolute atomic E-state index is 12.8. The van der Waals surface area contributed by atoms with Crippen molar-refractivity contribution in [2.45, 2.75) is 25.5 Å². The molecule has 1 heterocycles. The van der Waals surface area contributed by atoms with E-state index in [-0.39, 0.29) is 24.0 Å². The van der Waals surface area contributed by atoms with E-state index in [1.54, 1.807) is 48.5 Å². The van der Waals surface area contributed by atoms with Crippen molar-refractivity contribution in [3.63, 3.8) is 0 Å². The highest BCUT2D eigenvalue weighted by Gasteiger charge is 2.32. The molecule has 0 bridgehead atoms. The van der Waals surface area contributed by atoms with E-state index in [9.17, 15) is 18.0 Å². The van der Waals surface area contributed by atoms with E-state index in [4.69, 9.17) is 11.6 Å². The molecule has 0 radical (unpaired) electrons. The summed E-state index contributed by atoms with van der Waals surface area (Å²) in [5.74, 6) is -0.924. The number of anilines is 1. The second-order valence-corrected chi connectivity index (χ2v) is 9.61. The number of ketones is 1. The lowest BCUT2D eigenvalue weighted by Gasteiger charge is -2.31. The summed E-state index contributed by atoms with van der Waals surface area (Å²) in [6, 6.07) is 13.5. The predicted molar refractivity (Wildman–Crippen MR) is 113 cm³/mol. The number of nitrogens with zero attached hydrogens (tertiary/aromatic N) is 1. The largest absolute Gasteiger partial charge is 0.326 e. The van der Waals surface area contributed by atoms with Crippen LogP contribution in [0.3, 0.4) is 0 Å². The molecular weight excluding hydrogens is 412 g/mol. The van der Waals surface area contributed by atoms with Crippen molar-refractivity contribution in [2.24, 2.45) is 5.92 Å². The fraction of sp³-hybridized carbons (Fsp3) is 0.333. The highest BCUT2D eigenvalue weighted by Crippen LogP contribution is 2.24. The lowest BCUT2D eigenvalue weighted by molar-refractivity contribution is -0.120. The molecule has 2 aromatic rings. The standard InChI is InChI=1S/C21H23ClN2O4S/c1-15(25)17-6-3-9-20(12-17)23-21(26)18-7-4-10-24(13-18)29(27,28)14-16-5-2-8-19(22)11-16/h2-3,5-6,8-9,11-12,18H,4,7,10,13-14H2,1H3,(H,23,26)/t18-/m0/s1. The number of hydrogen-bond donors (Lipinski definition) is 1. The molecule has 0 unspecified atom stereocenters. The van der Waals surface area contributed by atoms with Crippen LogP contribution in [0.15, 0.2) is 48.5 Å². The second kappa shape index (κ2) is 9.07. The number of rotatable bonds is 6. The summed E-state index contributed by atoms with van der Waals surface area (Å²) in [5, 5.41) is 3.29. The van der Waals surface area contributed by atoms with Gasteiger partial charge in [-0.3, -0.25) is 9.59 Å². The van der Waals surface area contributed by atoms with Gasteiger partial charge >= 0.3 is 0 Å². The smallest absolute Gasteiger partial charge is 0.228 e. The Kier molecular flexibility index (Phi) is 6.72. The maximum atomic E-state index is 12.8. The van der Waals surface area contributed by atoms with E-state index in [1.165, 1.54) is 11.2 Å². The highest BCUT2D eigenvalue weighted by molar-refractivity contribution is 7.88. The molecule has 0 spiro atoms. The van der Waals surface area contributed by atoms with Crippen LogP contribution in [0.2, 0.25) is 5.02 Å². The van der Waals surface area contributed by atoms with Gasteiger partial charge in [-0.1, -0.05) is 35.9 Å². The van der Waals surface area contributed by atoms with Crippen molar-refractivity contribution in [3.05, 3.63) is 64.7 Å². The van der Waals surface area contributed by atoms with Crippen molar-refractivity contribution >= 4 is 39.0 Å². The number of carbonyl (C=O) groups excluding carboxylic acids is 2. The second-order valence-electron chi connectivity index (χ2n) is 7.21. The molecule has 6 nitrogen and oxygen atoms in total. The molecule has 2 aromatic carbocycles. The van der Waals surface area contributed by atoms with Crippen molar-refractivity contribution in [3.8, 4) is 0 Å². The van der Waals surface area contributed by atoms with E-state index >= 15 is 0 Å². The average Bonchev–Trinajstić information content (AvgIpc) is 2.68. The van der Waals surface area contributed by atoms with E-state index in [2.05, 4.69) is 5.32 Å². The van der Waals surface area contributed by atoms with Crippen LogP contribution in [-0.2, 0) is 20.6 Å². The number of piperidine rings is 1. The Bertz CT molecular complexity index is 1020. The van der Waals surface area contributed by atoms with Crippen molar-refractivity contribution < 1.29 is 18.0 Å². The lowest BCUT2D eigenvalue weighted by Crippen LogP contribution is -2.44. The first-order valence-electron chi connectivity index (χ1n) is 9.39. The van der Waals surface area contributed by atoms with Crippen LogP contribution >= 0.6 is 11.6 Å². The van der Waals surface area contributed by atoms with Gasteiger partial charge in [-0.2, -0.15) is 0 Å². The van der Waals surface area contributed by atoms with Crippen LogP contribution < -0.4 is 5.32 Å². The number of Topliss-reactive ketones (excluding diaryl/α,β-unsaturated/α-hetero) is 1. The van der Waals surface area contributed by atoms with E-state index in [1.807, 2.05) is 0 Å². The van der Waals surface area contributed by atoms with Gasteiger partial charge in [0.2, 0.25) is 15.9 Å². The zero-order valence-corrected chi connectivity index (χ0v) is 17.7. The quantitative estimate of drug-likeness (QED) is 0.702. The minimum Gasteiger partial charge on any atom is -0.326 e. The SMILES string of the molecule is CC(=O)c1cccc(NC(=O)[C@H]2CCCN(S(=O)(=O)Cc3cccc(Cl)c3)C2)c1. The average molecular weight is 435 g/mol. The third-order valence-electron chi connectivity index (χ3n) is 4.92. The van der Waals surface area contributed by atoms with E-state index in [0.29, 0.717) is 41.2 Å². The highest BCUT2D eigenvalue weighted by atomic mass is 35.5. The van der Waals surface area contributed by atoms with Crippen LogP contribution in [0.25, 0.3) is 0 Å². The maximum Gasteiger partial charge on any atom is 0.228 e. The first kappa shape index (κ1) is 21.5. The Balaban J connectivity index is 1.67. The third-order valence-corrected chi connectivity index (χ3v) is 6.97. The van der Waals surface area contributed by atoms with Gasteiger partial charge in [-0.15, -0.1) is 0 Å². The summed E-state index contributed by atoms with van der Waals surface area (Å²) in [5.41, 5.74) is 1.66. The number of halogens is 1. The van der Waals surface area contributed by atoms with Crippen LogP contribution in [0, 0.1) is 5.92 Å². The first-order chi connectivity index (χ1) is 13.7. The summed E-state index contributed by atoms with van der Waals surface area (Å²) in [7, 11) is -3.56. The molecule has 0 aromatic heterocycles.